The van der Waals surface area contributed by atoms with E-state index in [1.165, 1.54) is 0 Å². The molecule has 0 spiro atoms. The largest absolute Gasteiger partial charge is 0.386 e. The molecule has 0 saturated heterocycles. The van der Waals surface area contributed by atoms with E-state index in [0.29, 0.717) is 11.1 Å². The minimum atomic E-state index is -2.23. The zero-order chi connectivity index (χ0) is 17.9. The Bertz CT molecular complexity index is 923. The van der Waals surface area contributed by atoms with Gasteiger partial charge in [-0.15, -0.1) is 0 Å². The van der Waals surface area contributed by atoms with Gasteiger partial charge in [0.1, 0.15) is 8.07 Å². The summed E-state index contributed by atoms with van der Waals surface area (Å²) >= 11 is 0. The van der Waals surface area contributed by atoms with Gasteiger partial charge in [-0.3, -0.25) is 9.59 Å². The van der Waals surface area contributed by atoms with Crippen LogP contribution in [0.15, 0.2) is 36.4 Å². The van der Waals surface area contributed by atoms with Gasteiger partial charge in [0, 0.05) is 11.1 Å². The van der Waals surface area contributed by atoms with Gasteiger partial charge in [0.05, 0.1) is 17.5 Å². The van der Waals surface area contributed by atoms with Crippen LogP contribution in [0.4, 0.5) is 0 Å². The molecule has 2 aliphatic rings. The predicted octanol–water partition coefficient (Wildman–Crippen LogP) is 1.59. The van der Waals surface area contributed by atoms with Crippen LogP contribution in [0.25, 0.3) is 0 Å². The van der Waals surface area contributed by atoms with Crippen molar-refractivity contribution in [1.29, 1.82) is 0 Å². The van der Waals surface area contributed by atoms with Gasteiger partial charge in [-0.2, -0.15) is 0 Å². The van der Waals surface area contributed by atoms with Gasteiger partial charge >= 0.3 is 11.9 Å². The van der Waals surface area contributed by atoms with Gasteiger partial charge in [-0.1, -0.05) is 47.7 Å². The molecule has 124 valence electrons. The first kappa shape index (κ1) is 15.7. The van der Waals surface area contributed by atoms with Crippen molar-refractivity contribution in [3.8, 4) is 0 Å². The Kier molecular flexibility index (Phi) is 3.17. The fourth-order valence-electron chi connectivity index (χ4n) is 3.38. The quantitative estimate of drug-likeness (QED) is 0.467. The summed E-state index contributed by atoms with van der Waals surface area (Å²) < 4.78 is 4.65. The smallest absolute Gasteiger partial charge is 0.346 e. The Morgan fingerprint density at radius 1 is 0.720 bits per heavy atom. The number of carbonyl (C=O) groups is 4. The van der Waals surface area contributed by atoms with E-state index in [2.05, 4.69) is 17.8 Å². The second kappa shape index (κ2) is 5.06. The van der Waals surface area contributed by atoms with Crippen molar-refractivity contribution in [2.24, 2.45) is 0 Å². The lowest BCUT2D eigenvalue weighted by Crippen LogP contribution is -2.53. The van der Waals surface area contributed by atoms with Crippen LogP contribution in [0.2, 0.25) is 13.1 Å². The first-order chi connectivity index (χ1) is 11.8. The van der Waals surface area contributed by atoms with Crippen molar-refractivity contribution in [2.45, 2.75) is 19.5 Å². The number of fused-ring (bicyclic) bond motifs is 2. The van der Waals surface area contributed by atoms with Gasteiger partial charge in [0.25, 0.3) is 0 Å². The highest BCUT2D eigenvalue weighted by molar-refractivity contribution is 7.00. The highest BCUT2D eigenvalue weighted by Gasteiger charge is 2.35. The van der Waals surface area contributed by atoms with Crippen LogP contribution in [0.3, 0.4) is 0 Å². The average molecular weight is 350 g/mol. The van der Waals surface area contributed by atoms with Crippen LogP contribution in [0, 0.1) is 0 Å². The third-order valence-corrected chi connectivity index (χ3v) is 8.54. The van der Waals surface area contributed by atoms with E-state index in [9.17, 15) is 19.2 Å². The summed E-state index contributed by atoms with van der Waals surface area (Å²) in [4.78, 5) is 47.2. The van der Waals surface area contributed by atoms with Crippen molar-refractivity contribution in [2.75, 3.05) is 0 Å². The Balaban J connectivity index is 1.81. The van der Waals surface area contributed by atoms with Crippen LogP contribution in [0.1, 0.15) is 47.9 Å². The molecule has 0 saturated carbocycles. The SMILES string of the molecule is C[Si](C)(c1ccc2c(c1)C(=O)CC2=O)c1ccc2c(c1)C(=O)OC2=O. The molecule has 2 aromatic carbocycles. The molecule has 5 nitrogen and oxygen atoms in total. The summed E-state index contributed by atoms with van der Waals surface area (Å²) in [6.45, 7) is 4.19. The van der Waals surface area contributed by atoms with E-state index in [-0.39, 0.29) is 29.1 Å². The number of ketones is 2. The molecule has 6 heteroatoms. The summed E-state index contributed by atoms with van der Waals surface area (Å²) in [6, 6.07) is 10.6. The number of carbonyl (C=O) groups excluding carboxylic acids is 4. The number of hydrogen-bond donors (Lipinski definition) is 0. The van der Waals surface area contributed by atoms with E-state index in [0.717, 1.165) is 10.4 Å². The van der Waals surface area contributed by atoms with E-state index < -0.39 is 20.0 Å². The molecule has 1 heterocycles. The maximum Gasteiger partial charge on any atom is 0.346 e. The number of esters is 2. The summed E-state index contributed by atoms with van der Waals surface area (Å²) in [7, 11) is -2.23. The molecular formula is C19H14O5Si. The lowest BCUT2D eigenvalue weighted by molar-refractivity contribution is 0.0443. The lowest BCUT2D eigenvalue weighted by Gasteiger charge is -2.24. The molecule has 0 bridgehead atoms. The predicted molar refractivity (Wildman–Crippen MR) is 92.7 cm³/mol. The summed E-state index contributed by atoms with van der Waals surface area (Å²) in [5, 5.41) is 1.95. The second-order valence-electron chi connectivity index (χ2n) is 6.85. The van der Waals surface area contributed by atoms with E-state index in [1.807, 2.05) is 18.2 Å². The van der Waals surface area contributed by atoms with Crippen molar-refractivity contribution in [3.63, 3.8) is 0 Å². The molecule has 1 aliphatic carbocycles. The first-order valence-corrected chi connectivity index (χ1v) is 10.9. The van der Waals surface area contributed by atoms with Gasteiger partial charge in [-0.25, -0.2) is 9.59 Å². The average Bonchev–Trinajstić information content (AvgIpc) is 3.03. The Labute approximate surface area is 144 Å². The molecule has 0 atom stereocenters. The molecule has 0 N–H and O–H groups in total. The maximum absolute atomic E-state index is 12.0. The molecule has 25 heavy (non-hydrogen) atoms. The number of benzene rings is 2. The van der Waals surface area contributed by atoms with Crippen molar-refractivity contribution < 1.29 is 23.9 Å². The van der Waals surface area contributed by atoms with Crippen molar-refractivity contribution in [1.82, 2.24) is 0 Å². The van der Waals surface area contributed by atoms with E-state index >= 15 is 0 Å². The zero-order valence-electron chi connectivity index (χ0n) is 13.7. The topological polar surface area (TPSA) is 77.5 Å². The van der Waals surface area contributed by atoms with E-state index in [4.69, 9.17) is 0 Å². The lowest BCUT2D eigenvalue weighted by atomic mass is 10.1. The Morgan fingerprint density at radius 3 is 1.92 bits per heavy atom. The summed E-state index contributed by atoms with van der Waals surface area (Å²) in [5.74, 6) is -1.52. The van der Waals surface area contributed by atoms with Crippen LogP contribution in [-0.2, 0) is 4.74 Å². The van der Waals surface area contributed by atoms with Crippen LogP contribution < -0.4 is 10.4 Å². The molecule has 4 rings (SSSR count). The Morgan fingerprint density at radius 2 is 1.24 bits per heavy atom. The normalized spacial score (nSPS) is 16.1. The van der Waals surface area contributed by atoms with Gasteiger partial charge in [0.15, 0.2) is 11.6 Å². The number of Topliss-reactive ketones (excluding diaryl/α,β-unsaturated/α-hetero) is 2. The second-order valence-corrected chi connectivity index (χ2v) is 11.3. The third kappa shape index (κ3) is 2.21. The minimum Gasteiger partial charge on any atom is -0.386 e. The maximum atomic E-state index is 12.0. The Hall–Kier alpha value is -2.86. The van der Waals surface area contributed by atoms with Crippen molar-refractivity contribution in [3.05, 3.63) is 58.7 Å². The summed E-state index contributed by atoms with van der Waals surface area (Å²) in [6.07, 6.45) is -0.0619. The van der Waals surface area contributed by atoms with Gasteiger partial charge in [-0.05, 0) is 12.1 Å². The molecule has 2 aromatic rings. The number of ether oxygens (including phenoxy) is 1. The standard InChI is InChI=1S/C19H14O5Si/c1-25(2,10-3-5-12-14(7-10)17(21)9-16(12)20)11-4-6-13-15(8-11)19(23)24-18(13)22/h3-8H,9H2,1-2H3. The van der Waals surface area contributed by atoms with Crippen molar-refractivity contribution >= 4 is 42.0 Å². The molecule has 0 unspecified atom stereocenters. The molecular weight excluding hydrogens is 336 g/mol. The fraction of sp³-hybridized carbons (Fsp3) is 0.158. The summed E-state index contributed by atoms with van der Waals surface area (Å²) in [5.41, 5.74) is 1.55. The monoisotopic (exact) mass is 350 g/mol. The van der Waals surface area contributed by atoms with E-state index in [1.54, 1.807) is 18.2 Å². The van der Waals surface area contributed by atoms with Crippen LogP contribution in [-0.4, -0.2) is 31.6 Å². The zero-order valence-corrected chi connectivity index (χ0v) is 14.7. The van der Waals surface area contributed by atoms with Gasteiger partial charge < -0.3 is 4.74 Å². The fourth-order valence-corrected chi connectivity index (χ4v) is 5.73. The molecule has 0 fully saturated rings. The number of rotatable bonds is 2. The van der Waals surface area contributed by atoms with Crippen LogP contribution >= 0.6 is 0 Å². The molecule has 0 radical (unpaired) electrons. The number of hydrogen-bond acceptors (Lipinski definition) is 5. The highest BCUT2D eigenvalue weighted by atomic mass is 28.3. The molecule has 0 aromatic heterocycles. The minimum absolute atomic E-state index is 0.0619. The van der Waals surface area contributed by atoms with Crippen LogP contribution in [0.5, 0.6) is 0 Å². The third-order valence-electron chi connectivity index (χ3n) is 5.03. The number of cyclic esters (lactones) is 2. The first-order valence-electron chi connectivity index (χ1n) is 7.91. The van der Waals surface area contributed by atoms with Gasteiger partial charge in [0.2, 0.25) is 0 Å². The molecule has 1 aliphatic heterocycles. The molecule has 0 amide bonds. The highest BCUT2D eigenvalue weighted by Crippen LogP contribution is 2.23.